The fourth-order valence-electron chi connectivity index (χ4n) is 5.22. The minimum absolute atomic E-state index is 0.0400. The Morgan fingerprint density at radius 1 is 1.05 bits per heavy atom. The highest BCUT2D eigenvalue weighted by molar-refractivity contribution is 5.89. The second-order valence-electron chi connectivity index (χ2n) is 6.74. The van der Waals surface area contributed by atoms with Crippen LogP contribution in [0.25, 0.3) is 0 Å². The summed E-state index contributed by atoms with van der Waals surface area (Å²) in [6.07, 6.45) is 9.99. The smallest absolute Gasteiger partial charge is 0.333 e. The lowest BCUT2D eigenvalue weighted by Gasteiger charge is -2.54. The van der Waals surface area contributed by atoms with Crippen molar-refractivity contribution >= 4 is 5.97 Å². The van der Waals surface area contributed by atoms with Gasteiger partial charge in [0.2, 0.25) is 0 Å². The summed E-state index contributed by atoms with van der Waals surface area (Å²) in [7, 11) is 0. The van der Waals surface area contributed by atoms with Crippen molar-refractivity contribution in [1.29, 1.82) is 0 Å². The summed E-state index contributed by atoms with van der Waals surface area (Å²) in [4.78, 5) is 12.3. The topological polar surface area (TPSA) is 26.3 Å². The van der Waals surface area contributed by atoms with Gasteiger partial charge in [-0.1, -0.05) is 13.0 Å². The zero-order valence-electron chi connectivity index (χ0n) is 12.2. The fourth-order valence-corrected chi connectivity index (χ4v) is 5.22. The molecule has 0 aliphatic heterocycles. The van der Waals surface area contributed by atoms with E-state index in [4.69, 9.17) is 4.74 Å². The van der Waals surface area contributed by atoms with E-state index in [-0.39, 0.29) is 5.97 Å². The number of carbonyl (C=O) groups excluding carboxylic acids is 1. The van der Waals surface area contributed by atoms with E-state index in [9.17, 15) is 4.79 Å². The van der Waals surface area contributed by atoms with Crippen molar-refractivity contribution in [3.8, 4) is 0 Å². The van der Waals surface area contributed by atoms with E-state index in [0.29, 0.717) is 12.5 Å². The molecule has 0 heterocycles. The summed E-state index contributed by atoms with van der Waals surface area (Å²) >= 11 is 0. The van der Waals surface area contributed by atoms with Gasteiger partial charge in [0.1, 0.15) is 0 Å². The Hall–Kier alpha value is -0.790. The van der Waals surface area contributed by atoms with Gasteiger partial charge in [0.15, 0.2) is 0 Å². The molecule has 4 saturated carbocycles. The van der Waals surface area contributed by atoms with Crippen molar-refractivity contribution in [3.05, 3.63) is 11.6 Å². The van der Waals surface area contributed by atoms with Crippen molar-refractivity contribution in [2.24, 2.45) is 29.6 Å². The molecule has 2 heteroatoms. The first-order valence-corrected chi connectivity index (χ1v) is 8.10. The average Bonchev–Trinajstić information content (AvgIpc) is 2.36. The highest BCUT2D eigenvalue weighted by Gasteiger charge is 2.50. The summed E-state index contributed by atoms with van der Waals surface area (Å²) in [5.74, 6) is 3.91. The van der Waals surface area contributed by atoms with Crippen molar-refractivity contribution in [2.45, 2.75) is 52.4 Å². The molecule has 4 aliphatic carbocycles. The summed E-state index contributed by atoms with van der Waals surface area (Å²) < 4.78 is 5.31. The quantitative estimate of drug-likeness (QED) is 0.566. The standard InChI is InChI=1S/C17H26O2/c1-3-5-15(17(18)19-4-2)16-13-7-11-6-12(9-13)10-14(16)8-11/h5,11-14,16H,3-4,6-10H2,1-2H3. The van der Waals surface area contributed by atoms with Crippen LogP contribution in [-0.2, 0) is 9.53 Å². The number of hydrogen-bond donors (Lipinski definition) is 0. The molecule has 4 rings (SSSR count). The predicted octanol–water partition coefficient (Wildman–Crippen LogP) is 3.96. The third-order valence-electron chi connectivity index (χ3n) is 5.52. The van der Waals surface area contributed by atoms with Gasteiger partial charge in [0.25, 0.3) is 0 Å². The normalized spacial score (nSPS) is 40.5. The molecule has 0 amide bonds. The van der Waals surface area contributed by atoms with Gasteiger partial charge in [-0.15, -0.1) is 0 Å². The molecule has 0 spiro atoms. The third-order valence-corrected chi connectivity index (χ3v) is 5.52. The fraction of sp³-hybridized carbons (Fsp3) is 0.824. The first-order chi connectivity index (χ1) is 9.22. The molecule has 2 nitrogen and oxygen atoms in total. The van der Waals surface area contributed by atoms with Crippen molar-refractivity contribution in [3.63, 3.8) is 0 Å². The molecular weight excluding hydrogens is 236 g/mol. The Kier molecular flexibility index (Phi) is 3.68. The van der Waals surface area contributed by atoms with E-state index in [1.165, 1.54) is 32.1 Å². The van der Waals surface area contributed by atoms with Crippen LogP contribution in [0.3, 0.4) is 0 Å². The zero-order valence-corrected chi connectivity index (χ0v) is 12.2. The third kappa shape index (κ3) is 2.34. The predicted molar refractivity (Wildman–Crippen MR) is 75.5 cm³/mol. The second kappa shape index (κ2) is 5.30. The lowest BCUT2D eigenvalue weighted by atomic mass is 9.50. The van der Waals surface area contributed by atoms with Gasteiger partial charge in [-0.05, 0) is 75.0 Å². The van der Waals surface area contributed by atoms with Crippen molar-refractivity contribution in [2.75, 3.05) is 6.61 Å². The number of hydrogen-bond acceptors (Lipinski definition) is 2. The summed E-state index contributed by atoms with van der Waals surface area (Å²) in [6, 6.07) is 0. The number of esters is 1. The Bertz CT molecular complexity index is 355. The van der Waals surface area contributed by atoms with Gasteiger partial charge >= 0.3 is 5.97 Å². The molecule has 19 heavy (non-hydrogen) atoms. The maximum absolute atomic E-state index is 12.3. The first-order valence-electron chi connectivity index (χ1n) is 8.10. The Labute approximate surface area is 116 Å². The summed E-state index contributed by atoms with van der Waals surface area (Å²) in [5.41, 5.74) is 1.01. The highest BCUT2D eigenvalue weighted by Crippen LogP contribution is 2.58. The van der Waals surface area contributed by atoms with E-state index in [1.54, 1.807) is 0 Å². The number of allylic oxidation sites excluding steroid dienone is 1. The number of rotatable bonds is 4. The van der Waals surface area contributed by atoms with Crippen LogP contribution in [-0.4, -0.2) is 12.6 Å². The van der Waals surface area contributed by atoms with E-state index < -0.39 is 0 Å². The largest absolute Gasteiger partial charge is 0.463 e. The molecule has 4 aliphatic rings. The van der Waals surface area contributed by atoms with Crippen LogP contribution in [0.15, 0.2) is 11.6 Å². The van der Waals surface area contributed by atoms with E-state index in [2.05, 4.69) is 13.0 Å². The van der Waals surface area contributed by atoms with Gasteiger partial charge in [-0.3, -0.25) is 0 Å². The van der Waals surface area contributed by atoms with Gasteiger partial charge in [0.05, 0.1) is 6.61 Å². The molecule has 0 aromatic carbocycles. The van der Waals surface area contributed by atoms with Crippen LogP contribution < -0.4 is 0 Å². The average molecular weight is 262 g/mol. The highest BCUT2D eigenvalue weighted by atomic mass is 16.5. The Morgan fingerprint density at radius 2 is 1.63 bits per heavy atom. The van der Waals surface area contributed by atoms with Crippen molar-refractivity contribution in [1.82, 2.24) is 0 Å². The molecule has 4 fully saturated rings. The molecule has 0 aromatic rings. The zero-order chi connectivity index (χ0) is 13.4. The van der Waals surface area contributed by atoms with Crippen molar-refractivity contribution < 1.29 is 9.53 Å². The Balaban J connectivity index is 1.83. The summed E-state index contributed by atoms with van der Waals surface area (Å²) in [6.45, 7) is 4.51. The van der Waals surface area contributed by atoms with Crippen LogP contribution in [0.5, 0.6) is 0 Å². The van der Waals surface area contributed by atoms with E-state index in [1.807, 2.05) is 6.92 Å². The lowest BCUT2D eigenvalue weighted by molar-refractivity contribution is -0.141. The van der Waals surface area contributed by atoms with Crippen LogP contribution in [0.2, 0.25) is 0 Å². The van der Waals surface area contributed by atoms with Crippen LogP contribution in [0.4, 0.5) is 0 Å². The van der Waals surface area contributed by atoms with Crippen LogP contribution in [0, 0.1) is 29.6 Å². The maximum Gasteiger partial charge on any atom is 0.333 e. The van der Waals surface area contributed by atoms with Gasteiger partial charge in [0, 0.05) is 5.57 Å². The second-order valence-corrected chi connectivity index (χ2v) is 6.74. The molecule has 0 aromatic heterocycles. The molecule has 0 saturated heterocycles. The van der Waals surface area contributed by atoms with Gasteiger partial charge < -0.3 is 4.74 Å². The molecule has 0 atom stereocenters. The van der Waals surface area contributed by atoms with E-state index in [0.717, 1.165) is 35.7 Å². The molecule has 4 bridgehead atoms. The molecule has 0 radical (unpaired) electrons. The van der Waals surface area contributed by atoms with Crippen LogP contribution in [0.1, 0.15) is 52.4 Å². The minimum Gasteiger partial charge on any atom is -0.463 e. The molecule has 106 valence electrons. The Morgan fingerprint density at radius 3 is 2.11 bits per heavy atom. The number of carbonyl (C=O) groups is 1. The molecule has 0 unspecified atom stereocenters. The van der Waals surface area contributed by atoms with Gasteiger partial charge in [-0.25, -0.2) is 4.79 Å². The number of ether oxygens (including phenoxy) is 1. The molecular formula is C17H26O2. The lowest BCUT2D eigenvalue weighted by Crippen LogP contribution is -2.46. The molecule has 0 N–H and O–H groups in total. The first kappa shape index (κ1) is 13.2. The van der Waals surface area contributed by atoms with Gasteiger partial charge in [-0.2, -0.15) is 0 Å². The maximum atomic E-state index is 12.3. The van der Waals surface area contributed by atoms with E-state index >= 15 is 0 Å². The summed E-state index contributed by atoms with van der Waals surface area (Å²) in [5, 5.41) is 0. The minimum atomic E-state index is -0.0400. The SMILES string of the molecule is CCC=C(C(=O)OCC)C1C2CC3CC(C2)CC1C3. The van der Waals surface area contributed by atoms with Crippen LogP contribution >= 0.6 is 0 Å². The monoisotopic (exact) mass is 262 g/mol.